The molecule has 0 aliphatic heterocycles. The van der Waals surface area contributed by atoms with Crippen LogP contribution in [0.2, 0.25) is 0 Å². The number of aryl methyl sites for hydroxylation is 3. The van der Waals surface area contributed by atoms with E-state index in [0.717, 1.165) is 16.9 Å². The van der Waals surface area contributed by atoms with E-state index >= 15 is 0 Å². The highest BCUT2D eigenvalue weighted by Gasteiger charge is 2.14. The van der Waals surface area contributed by atoms with Crippen LogP contribution in [0.3, 0.4) is 0 Å². The summed E-state index contributed by atoms with van der Waals surface area (Å²) in [6.45, 7) is 6.40. The van der Waals surface area contributed by atoms with Crippen LogP contribution in [0.15, 0.2) is 70.2 Å². The van der Waals surface area contributed by atoms with Crippen molar-refractivity contribution in [3.63, 3.8) is 0 Å². The minimum atomic E-state index is 0.670. The zero-order chi connectivity index (χ0) is 18.1. The number of hydrogen-bond donors (Lipinski definition) is 0. The molecule has 2 aliphatic carbocycles. The molecule has 0 unspecified atom stereocenters. The van der Waals surface area contributed by atoms with Gasteiger partial charge in [0.2, 0.25) is 5.13 Å². The highest BCUT2D eigenvalue weighted by molar-refractivity contribution is 7.13. The van der Waals surface area contributed by atoms with Crippen molar-refractivity contribution in [1.29, 1.82) is 0 Å². The van der Waals surface area contributed by atoms with Crippen LogP contribution in [0.5, 0.6) is 0 Å². The van der Waals surface area contributed by atoms with E-state index in [1.807, 2.05) is 29.6 Å². The summed E-state index contributed by atoms with van der Waals surface area (Å²) >= 11 is 1.51. The molecule has 0 atom stereocenters. The molecular formula is C22H19N3S. The first kappa shape index (κ1) is 16.6. The van der Waals surface area contributed by atoms with Crippen LogP contribution in [0.1, 0.15) is 16.7 Å². The molecule has 0 saturated heterocycles. The van der Waals surface area contributed by atoms with Crippen LogP contribution in [0.4, 0.5) is 10.8 Å². The molecule has 2 aromatic rings. The Morgan fingerprint density at radius 2 is 1.62 bits per heavy atom. The molecule has 0 fully saturated rings. The number of benzene rings is 1. The van der Waals surface area contributed by atoms with Crippen molar-refractivity contribution in [3.8, 4) is 22.4 Å². The predicted molar refractivity (Wildman–Crippen MR) is 109 cm³/mol. The molecule has 4 heteroatoms. The van der Waals surface area contributed by atoms with Gasteiger partial charge in [-0.3, -0.25) is 0 Å². The first-order chi connectivity index (χ1) is 12.6. The molecule has 0 N–H and O–H groups in total. The van der Waals surface area contributed by atoms with Crippen molar-refractivity contribution < 1.29 is 0 Å². The summed E-state index contributed by atoms with van der Waals surface area (Å²) in [5, 5.41) is 11.6. The second-order valence-corrected chi connectivity index (χ2v) is 7.32. The molecule has 4 rings (SSSR count). The molecule has 3 nitrogen and oxygen atoms in total. The van der Waals surface area contributed by atoms with Crippen molar-refractivity contribution in [1.82, 2.24) is 4.98 Å². The van der Waals surface area contributed by atoms with Gasteiger partial charge in [-0.25, -0.2) is 4.98 Å². The summed E-state index contributed by atoms with van der Waals surface area (Å²) < 4.78 is 0. The Morgan fingerprint density at radius 3 is 2.42 bits per heavy atom. The largest absolute Gasteiger partial charge is 0.230 e. The average molecular weight is 357 g/mol. The van der Waals surface area contributed by atoms with Crippen molar-refractivity contribution >= 4 is 22.2 Å². The fourth-order valence-corrected chi connectivity index (χ4v) is 3.96. The van der Waals surface area contributed by atoms with E-state index in [0.29, 0.717) is 5.13 Å². The molecule has 1 heterocycles. The monoisotopic (exact) mass is 357 g/mol. The standard InChI is InChI=1S/C22H19N3S/c1-14-11-15(2)18-9-10-19(21(18)16(3)12-14)24-25-22-23-20(13-26-22)17-7-5-4-6-8-17/h4-13H,1-3H3. The van der Waals surface area contributed by atoms with Crippen molar-refractivity contribution in [3.05, 3.63) is 76.7 Å². The average Bonchev–Trinajstić information content (AvgIpc) is 3.25. The maximum Gasteiger partial charge on any atom is 0.230 e. The Hall–Kier alpha value is -2.85. The molecule has 2 aliphatic rings. The van der Waals surface area contributed by atoms with E-state index in [9.17, 15) is 0 Å². The smallest absolute Gasteiger partial charge is 0.217 e. The third-order valence-electron chi connectivity index (χ3n) is 4.45. The molecule has 0 radical (unpaired) electrons. The summed E-state index contributed by atoms with van der Waals surface area (Å²) in [6, 6.07) is 18.7. The normalized spacial score (nSPS) is 11.5. The number of hydrogen-bond acceptors (Lipinski definition) is 4. The fourth-order valence-electron chi connectivity index (χ4n) is 3.32. The summed E-state index contributed by atoms with van der Waals surface area (Å²) in [5.74, 6) is 0. The number of fused-ring (bicyclic) bond motifs is 1. The second kappa shape index (κ2) is 6.81. The van der Waals surface area contributed by atoms with Crippen molar-refractivity contribution in [2.75, 3.05) is 0 Å². The van der Waals surface area contributed by atoms with E-state index in [1.54, 1.807) is 0 Å². The Kier molecular flexibility index (Phi) is 4.35. The van der Waals surface area contributed by atoms with Gasteiger partial charge in [-0.1, -0.05) is 54.1 Å². The minimum Gasteiger partial charge on any atom is -0.217 e. The number of thiazole rings is 1. The van der Waals surface area contributed by atoms with Gasteiger partial charge >= 0.3 is 0 Å². The lowest BCUT2D eigenvalue weighted by Crippen LogP contribution is -1.77. The molecular weight excluding hydrogens is 338 g/mol. The van der Waals surface area contributed by atoms with Gasteiger partial charge in [0.15, 0.2) is 0 Å². The van der Waals surface area contributed by atoms with E-state index < -0.39 is 0 Å². The van der Waals surface area contributed by atoms with E-state index in [2.05, 4.69) is 66.3 Å². The number of nitrogens with zero attached hydrogens (tertiary/aromatic N) is 3. The van der Waals surface area contributed by atoms with Gasteiger partial charge in [-0.15, -0.1) is 21.6 Å². The Bertz CT molecular complexity index is 1060. The van der Waals surface area contributed by atoms with Crippen LogP contribution >= 0.6 is 11.3 Å². The third-order valence-corrected chi connectivity index (χ3v) is 5.17. The summed E-state index contributed by atoms with van der Waals surface area (Å²) in [6.07, 6.45) is 0. The molecule has 26 heavy (non-hydrogen) atoms. The van der Waals surface area contributed by atoms with Crippen LogP contribution in [-0.2, 0) is 0 Å². The molecule has 0 bridgehead atoms. The minimum absolute atomic E-state index is 0.670. The SMILES string of the molecule is Cc1cc(C)c2ccc(N=Nc3nc(-c4ccccc4)cs3)c-2c(C)c1. The number of aromatic nitrogens is 1. The van der Waals surface area contributed by atoms with Gasteiger partial charge in [-0.05, 0) is 43.5 Å². The topological polar surface area (TPSA) is 37.6 Å². The highest BCUT2D eigenvalue weighted by Crippen LogP contribution is 2.40. The molecule has 0 saturated carbocycles. The van der Waals surface area contributed by atoms with E-state index in [-0.39, 0.29) is 0 Å². The number of azo groups is 1. The van der Waals surface area contributed by atoms with Gasteiger partial charge < -0.3 is 0 Å². The molecule has 128 valence electrons. The molecule has 0 amide bonds. The zero-order valence-electron chi connectivity index (χ0n) is 15.0. The zero-order valence-corrected chi connectivity index (χ0v) is 15.8. The summed E-state index contributed by atoms with van der Waals surface area (Å²) in [5.41, 5.74) is 9.05. The maximum atomic E-state index is 4.58. The fraction of sp³-hybridized carbons (Fsp3) is 0.136. The van der Waals surface area contributed by atoms with Gasteiger partial charge in [0.05, 0.1) is 11.4 Å². The summed E-state index contributed by atoms with van der Waals surface area (Å²) in [4.78, 5) is 4.58. The quantitative estimate of drug-likeness (QED) is 0.356. The first-order valence-corrected chi connectivity index (χ1v) is 9.43. The first-order valence-electron chi connectivity index (χ1n) is 8.55. The summed E-state index contributed by atoms with van der Waals surface area (Å²) in [7, 11) is 0. The Labute approximate surface area is 157 Å². The lowest BCUT2D eigenvalue weighted by molar-refractivity contribution is 1.20. The van der Waals surface area contributed by atoms with Crippen LogP contribution in [0, 0.1) is 20.8 Å². The van der Waals surface area contributed by atoms with Crippen molar-refractivity contribution in [2.45, 2.75) is 20.8 Å². The van der Waals surface area contributed by atoms with E-state index in [4.69, 9.17) is 0 Å². The van der Waals surface area contributed by atoms with Crippen LogP contribution in [0.25, 0.3) is 22.4 Å². The predicted octanol–water partition coefficient (Wildman–Crippen LogP) is 7.26. The number of rotatable bonds is 3. The Balaban J connectivity index is 1.68. The second-order valence-electron chi connectivity index (χ2n) is 6.49. The molecule has 1 aromatic heterocycles. The van der Waals surface area contributed by atoms with Crippen molar-refractivity contribution in [2.24, 2.45) is 10.2 Å². The van der Waals surface area contributed by atoms with E-state index in [1.165, 1.54) is 39.2 Å². The lowest BCUT2D eigenvalue weighted by Gasteiger charge is -2.01. The highest BCUT2D eigenvalue weighted by atomic mass is 32.1. The van der Waals surface area contributed by atoms with Gasteiger partial charge in [-0.2, -0.15) is 0 Å². The van der Waals surface area contributed by atoms with Crippen LogP contribution < -0.4 is 0 Å². The third kappa shape index (κ3) is 3.16. The van der Waals surface area contributed by atoms with Gasteiger partial charge in [0.1, 0.15) is 0 Å². The van der Waals surface area contributed by atoms with Crippen LogP contribution in [-0.4, -0.2) is 4.98 Å². The van der Waals surface area contributed by atoms with Gasteiger partial charge in [0.25, 0.3) is 0 Å². The molecule has 0 spiro atoms. The Morgan fingerprint density at radius 1 is 0.846 bits per heavy atom. The maximum absolute atomic E-state index is 4.58. The molecule has 1 aromatic carbocycles. The van der Waals surface area contributed by atoms with Gasteiger partial charge in [0, 0.05) is 16.5 Å². The lowest BCUT2D eigenvalue weighted by atomic mass is 10.0.